The normalized spacial score (nSPS) is 10.4. The van der Waals surface area contributed by atoms with Gasteiger partial charge in [0, 0.05) is 10.1 Å². The largest absolute Gasteiger partial charge is 0.487 e. The molecule has 0 aliphatic carbocycles. The summed E-state index contributed by atoms with van der Waals surface area (Å²) in [7, 11) is 1.48. The van der Waals surface area contributed by atoms with Crippen LogP contribution < -0.4 is 4.74 Å². The summed E-state index contributed by atoms with van der Waals surface area (Å²) < 4.78 is 5.96. The Balaban J connectivity index is 2.81. The summed E-state index contributed by atoms with van der Waals surface area (Å²) in [6.07, 6.45) is 0. The molecule has 2 aromatic rings. The molecule has 1 aromatic heterocycles. The molecule has 4 heteroatoms. The molecule has 1 N–H and O–H groups in total. The summed E-state index contributed by atoms with van der Waals surface area (Å²) in [6.45, 7) is 0. The number of hydrogen-bond acceptors (Lipinski definition) is 3. The number of carboxylic acid groups (broad SMARTS) is 1. The average molecular weight is 208 g/mol. The highest BCUT2D eigenvalue weighted by molar-refractivity contribution is 7.21. The average Bonchev–Trinajstić information content (AvgIpc) is 2.55. The molecule has 0 unspecified atom stereocenters. The Morgan fingerprint density at radius 2 is 2.14 bits per heavy atom. The number of thiophene rings is 1. The van der Waals surface area contributed by atoms with Gasteiger partial charge in [-0.3, -0.25) is 0 Å². The fourth-order valence-corrected chi connectivity index (χ4v) is 2.38. The number of carbonyl (C=O) groups is 1. The molecule has 0 amide bonds. The Morgan fingerprint density at radius 3 is 2.79 bits per heavy atom. The Hall–Kier alpha value is -1.55. The molecule has 1 heterocycles. The van der Waals surface area contributed by atoms with Crippen LogP contribution >= 0.6 is 11.3 Å². The van der Waals surface area contributed by atoms with Gasteiger partial charge in [-0.25, -0.2) is 4.79 Å². The highest BCUT2D eigenvalue weighted by Crippen LogP contribution is 2.36. The Bertz CT molecular complexity index is 487. The van der Waals surface area contributed by atoms with Crippen LogP contribution in [0.2, 0.25) is 0 Å². The fourth-order valence-electron chi connectivity index (χ4n) is 1.37. The van der Waals surface area contributed by atoms with Crippen molar-refractivity contribution in [1.82, 2.24) is 0 Å². The van der Waals surface area contributed by atoms with Crippen LogP contribution in [0.1, 0.15) is 10.4 Å². The van der Waals surface area contributed by atoms with Gasteiger partial charge in [-0.05, 0) is 6.07 Å². The monoisotopic (exact) mass is 208 g/mol. The number of methoxy groups -OCH3 is 1. The van der Waals surface area contributed by atoms with E-state index in [2.05, 4.69) is 0 Å². The lowest BCUT2D eigenvalue weighted by Gasteiger charge is -1.96. The maximum Gasteiger partial charge on any atom is 0.341 e. The van der Waals surface area contributed by atoms with E-state index in [1.54, 1.807) is 6.07 Å². The standard InChI is InChI=1S/C10H8O3S/c1-13-10-8(9(11)12)6-4-2-3-5-7(6)14-10/h2-5H,1H3,(H,11,12). The first-order valence-electron chi connectivity index (χ1n) is 4.03. The molecule has 1 aromatic carbocycles. The van der Waals surface area contributed by atoms with Crippen molar-refractivity contribution in [2.24, 2.45) is 0 Å². The van der Waals surface area contributed by atoms with Crippen molar-refractivity contribution in [2.75, 3.05) is 7.11 Å². The summed E-state index contributed by atoms with van der Waals surface area (Å²) in [5, 5.41) is 10.2. The molecule has 0 bridgehead atoms. The quantitative estimate of drug-likeness (QED) is 0.825. The van der Waals surface area contributed by atoms with Crippen molar-refractivity contribution >= 4 is 27.4 Å². The second-order valence-corrected chi connectivity index (χ2v) is 3.78. The van der Waals surface area contributed by atoms with E-state index in [9.17, 15) is 4.79 Å². The number of fused-ring (bicyclic) bond motifs is 1. The molecule has 0 fully saturated rings. The van der Waals surface area contributed by atoms with Crippen LogP contribution in [-0.4, -0.2) is 18.2 Å². The summed E-state index contributed by atoms with van der Waals surface area (Å²) in [4.78, 5) is 11.0. The lowest BCUT2D eigenvalue weighted by molar-refractivity contribution is 0.0696. The van der Waals surface area contributed by atoms with E-state index in [1.807, 2.05) is 18.2 Å². The van der Waals surface area contributed by atoms with Gasteiger partial charge in [0.15, 0.2) is 5.06 Å². The predicted octanol–water partition coefficient (Wildman–Crippen LogP) is 2.61. The fraction of sp³-hybridized carbons (Fsp3) is 0.100. The zero-order chi connectivity index (χ0) is 10.1. The van der Waals surface area contributed by atoms with Crippen molar-refractivity contribution in [2.45, 2.75) is 0 Å². The zero-order valence-electron chi connectivity index (χ0n) is 7.48. The van der Waals surface area contributed by atoms with E-state index >= 15 is 0 Å². The molecule has 0 spiro atoms. The van der Waals surface area contributed by atoms with Gasteiger partial charge in [-0.1, -0.05) is 29.5 Å². The van der Waals surface area contributed by atoms with E-state index in [-0.39, 0.29) is 5.56 Å². The maximum atomic E-state index is 11.0. The van der Waals surface area contributed by atoms with Crippen LogP contribution in [0.25, 0.3) is 10.1 Å². The van der Waals surface area contributed by atoms with Gasteiger partial charge in [-0.2, -0.15) is 0 Å². The van der Waals surface area contributed by atoms with Crippen LogP contribution in [0.5, 0.6) is 5.06 Å². The van der Waals surface area contributed by atoms with Gasteiger partial charge in [0.2, 0.25) is 0 Å². The van der Waals surface area contributed by atoms with Crippen molar-refractivity contribution in [3.63, 3.8) is 0 Å². The number of hydrogen-bond donors (Lipinski definition) is 1. The molecule has 0 atom stereocenters. The smallest absolute Gasteiger partial charge is 0.341 e. The first-order valence-corrected chi connectivity index (χ1v) is 4.84. The second-order valence-electron chi connectivity index (χ2n) is 2.77. The first-order chi connectivity index (χ1) is 6.74. The van der Waals surface area contributed by atoms with Gasteiger partial charge >= 0.3 is 5.97 Å². The van der Waals surface area contributed by atoms with E-state index in [0.717, 1.165) is 10.1 Å². The van der Waals surface area contributed by atoms with Crippen molar-refractivity contribution in [3.05, 3.63) is 29.8 Å². The molecule has 0 saturated carbocycles. The van der Waals surface area contributed by atoms with E-state index < -0.39 is 5.97 Å². The maximum absolute atomic E-state index is 11.0. The van der Waals surface area contributed by atoms with Gasteiger partial charge < -0.3 is 9.84 Å². The summed E-state index contributed by atoms with van der Waals surface area (Å²) in [5.74, 6) is -0.945. The lowest BCUT2D eigenvalue weighted by Crippen LogP contribution is -1.97. The predicted molar refractivity (Wildman–Crippen MR) is 55.3 cm³/mol. The first kappa shape index (κ1) is 9.02. The highest BCUT2D eigenvalue weighted by Gasteiger charge is 2.18. The summed E-state index contributed by atoms with van der Waals surface area (Å²) in [6, 6.07) is 7.37. The van der Waals surface area contributed by atoms with Gasteiger partial charge in [0.25, 0.3) is 0 Å². The van der Waals surface area contributed by atoms with Crippen molar-refractivity contribution < 1.29 is 14.6 Å². The number of aromatic carboxylic acids is 1. The molecule has 3 nitrogen and oxygen atoms in total. The zero-order valence-corrected chi connectivity index (χ0v) is 8.30. The van der Waals surface area contributed by atoms with Gasteiger partial charge in [0.1, 0.15) is 5.56 Å². The Kier molecular flexibility index (Phi) is 2.13. The van der Waals surface area contributed by atoms with Gasteiger partial charge in [0.05, 0.1) is 7.11 Å². The minimum atomic E-state index is -0.945. The van der Waals surface area contributed by atoms with Crippen LogP contribution in [0.4, 0.5) is 0 Å². The topological polar surface area (TPSA) is 46.5 Å². The van der Waals surface area contributed by atoms with Gasteiger partial charge in [-0.15, -0.1) is 0 Å². The molecule has 0 aliphatic heterocycles. The molecule has 2 rings (SSSR count). The minimum absolute atomic E-state index is 0.258. The molecular weight excluding hydrogens is 200 g/mol. The van der Waals surface area contributed by atoms with Crippen LogP contribution in [0, 0.1) is 0 Å². The molecule has 14 heavy (non-hydrogen) atoms. The number of benzene rings is 1. The summed E-state index contributed by atoms with van der Waals surface area (Å²) >= 11 is 1.35. The SMILES string of the molecule is COc1sc2ccccc2c1C(=O)O. The van der Waals surface area contributed by atoms with Crippen LogP contribution in [0.15, 0.2) is 24.3 Å². The third-order valence-corrected chi connectivity index (χ3v) is 3.09. The number of carboxylic acids is 1. The number of ether oxygens (including phenoxy) is 1. The van der Waals surface area contributed by atoms with Crippen molar-refractivity contribution in [1.29, 1.82) is 0 Å². The van der Waals surface area contributed by atoms with Crippen LogP contribution in [0.3, 0.4) is 0 Å². The molecular formula is C10H8O3S. The molecule has 0 radical (unpaired) electrons. The Labute approximate surface area is 84.6 Å². The minimum Gasteiger partial charge on any atom is -0.487 e. The molecule has 0 saturated heterocycles. The molecule has 0 aliphatic rings. The second kappa shape index (κ2) is 3.31. The third-order valence-electron chi connectivity index (χ3n) is 1.96. The van der Waals surface area contributed by atoms with E-state index in [1.165, 1.54) is 18.4 Å². The Morgan fingerprint density at radius 1 is 1.43 bits per heavy atom. The lowest BCUT2D eigenvalue weighted by atomic mass is 10.2. The number of rotatable bonds is 2. The third kappa shape index (κ3) is 1.24. The van der Waals surface area contributed by atoms with Crippen molar-refractivity contribution in [3.8, 4) is 5.06 Å². The highest BCUT2D eigenvalue weighted by atomic mass is 32.1. The van der Waals surface area contributed by atoms with E-state index in [0.29, 0.717) is 5.06 Å². The summed E-state index contributed by atoms with van der Waals surface area (Å²) in [5.41, 5.74) is 0.258. The molecule has 72 valence electrons. The van der Waals surface area contributed by atoms with E-state index in [4.69, 9.17) is 9.84 Å². The van der Waals surface area contributed by atoms with Crippen LogP contribution in [-0.2, 0) is 0 Å².